The first kappa shape index (κ1) is 42.6. The summed E-state index contributed by atoms with van der Waals surface area (Å²) in [7, 11) is 0. The number of imidazole rings is 1. The molecule has 17 heteroatoms. The van der Waals surface area contributed by atoms with E-state index < -0.39 is 35.6 Å². The van der Waals surface area contributed by atoms with E-state index in [1.165, 1.54) is 17.0 Å². The van der Waals surface area contributed by atoms with Crippen LogP contribution in [0, 0.1) is 17.0 Å². The van der Waals surface area contributed by atoms with Gasteiger partial charge >= 0.3 is 0 Å². The van der Waals surface area contributed by atoms with Crippen molar-refractivity contribution in [2.24, 2.45) is 5.41 Å². The lowest BCUT2D eigenvalue weighted by Crippen LogP contribution is -2.73. The zero-order chi connectivity index (χ0) is 46.0. The van der Waals surface area contributed by atoms with Crippen molar-refractivity contribution in [3.8, 4) is 11.1 Å². The number of carbonyl (C=O) groups excluding carboxylic acids is 5. The number of likely N-dealkylation sites (tertiary alicyclic amines) is 2. The summed E-state index contributed by atoms with van der Waals surface area (Å²) >= 11 is 0. The van der Waals surface area contributed by atoms with Gasteiger partial charge in [0.15, 0.2) is 6.04 Å². The minimum Gasteiger partial charge on any atom is -0.374 e. The normalized spacial score (nSPS) is 20.5. The number of halogens is 2. The lowest BCUT2D eigenvalue weighted by molar-refractivity contribution is -0.146. The van der Waals surface area contributed by atoms with Crippen molar-refractivity contribution in [3.05, 3.63) is 125 Å². The van der Waals surface area contributed by atoms with Gasteiger partial charge in [0.2, 0.25) is 17.7 Å². The number of fused-ring (bicyclic) bond motifs is 2. The molecule has 1 unspecified atom stereocenters. The molecule has 8 heterocycles. The summed E-state index contributed by atoms with van der Waals surface area (Å²) in [5.74, 6) is -1.94. The molecule has 4 fully saturated rings. The molecule has 2 atom stereocenters. The molecule has 4 saturated heterocycles. The van der Waals surface area contributed by atoms with Gasteiger partial charge in [0.1, 0.15) is 23.5 Å². The van der Waals surface area contributed by atoms with Crippen LogP contribution in [-0.2, 0) is 38.7 Å². The molecule has 6 aliphatic heterocycles. The van der Waals surface area contributed by atoms with Crippen LogP contribution in [0.1, 0.15) is 76.9 Å². The summed E-state index contributed by atoms with van der Waals surface area (Å²) in [6, 6.07) is 19.5. The third-order valence-corrected chi connectivity index (χ3v) is 14.5. The second kappa shape index (κ2) is 17.0. The first-order valence-corrected chi connectivity index (χ1v) is 23.1. The number of anilines is 3. The van der Waals surface area contributed by atoms with Crippen molar-refractivity contribution < 1.29 is 32.8 Å². The maximum Gasteiger partial charge on any atom is 0.255 e. The zero-order valence-electron chi connectivity index (χ0n) is 36.8. The van der Waals surface area contributed by atoms with E-state index >= 15 is 8.78 Å². The van der Waals surface area contributed by atoms with Crippen LogP contribution in [0.3, 0.4) is 0 Å². The molecule has 3 aromatic carbocycles. The minimum atomic E-state index is -1.08. The van der Waals surface area contributed by atoms with Crippen LogP contribution in [0.2, 0.25) is 0 Å². The lowest BCUT2D eigenvalue weighted by atomic mass is 9.72. The zero-order valence-corrected chi connectivity index (χ0v) is 36.8. The average Bonchev–Trinajstić information content (AvgIpc) is 4.01. The number of aryl methyl sites for hydroxylation is 1. The maximum atomic E-state index is 16.0. The van der Waals surface area contributed by atoms with Crippen LogP contribution in [0.5, 0.6) is 0 Å². The van der Waals surface area contributed by atoms with Crippen LogP contribution in [0.4, 0.5) is 26.0 Å². The molecule has 3 N–H and O–H groups in total. The van der Waals surface area contributed by atoms with E-state index in [-0.39, 0.29) is 53.1 Å². The fraction of sp³-hybridized carbons (Fsp3) is 0.380. The predicted octanol–water partition coefficient (Wildman–Crippen LogP) is 5.25. The summed E-state index contributed by atoms with van der Waals surface area (Å²) in [6.45, 7) is 5.50. The Morgan fingerprint density at radius 1 is 0.851 bits per heavy atom. The highest BCUT2D eigenvalue weighted by atomic mass is 19.1. The number of amides is 5. The van der Waals surface area contributed by atoms with E-state index in [0.29, 0.717) is 67.5 Å². The summed E-state index contributed by atoms with van der Waals surface area (Å²) in [5, 5.41) is 8.19. The molecule has 0 aliphatic carbocycles. The molecule has 1 spiro atoms. The van der Waals surface area contributed by atoms with Crippen LogP contribution in [0.25, 0.3) is 11.1 Å². The molecule has 2 aromatic heterocycles. The van der Waals surface area contributed by atoms with Gasteiger partial charge in [0.25, 0.3) is 11.8 Å². The number of pyridine rings is 1. The van der Waals surface area contributed by atoms with Crippen molar-refractivity contribution in [2.45, 2.75) is 69.6 Å². The Morgan fingerprint density at radius 2 is 1.66 bits per heavy atom. The van der Waals surface area contributed by atoms with E-state index in [0.717, 1.165) is 62.3 Å². The van der Waals surface area contributed by atoms with Crippen LogP contribution in [0.15, 0.2) is 85.3 Å². The molecule has 0 bridgehead atoms. The number of nitrogens with zero attached hydrogens (tertiary/aromatic N) is 7. The van der Waals surface area contributed by atoms with E-state index in [1.807, 2.05) is 33.7 Å². The third-order valence-electron chi connectivity index (χ3n) is 14.5. The van der Waals surface area contributed by atoms with E-state index in [1.54, 1.807) is 48.9 Å². The number of nitrogens with one attached hydrogen (secondary N) is 3. The second-order valence-electron chi connectivity index (χ2n) is 19.0. The highest BCUT2D eigenvalue weighted by Gasteiger charge is 2.53. The smallest absolute Gasteiger partial charge is 0.255 e. The Hall–Kier alpha value is -7.01. The van der Waals surface area contributed by atoms with Gasteiger partial charge in [-0.05, 0) is 116 Å². The SMILES string of the molecule is O=C1CC[C@@H](Nc2ccc(C3CCN(CC(=O)N4CC5(C4)CN(c4ccc(-c6cc(F)c7c(c6)C(=O)N(C(C(=O)Nc6ccccn6)c6ncn8c6CCC8)C7)cc4)C5)CC3)c(F)c2)C(=O)N1. The van der Waals surface area contributed by atoms with Crippen molar-refractivity contribution >= 4 is 46.7 Å². The molecule has 0 radical (unpaired) electrons. The van der Waals surface area contributed by atoms with Gasteiger partial charge < -0.3 is 29.9 Å². The second-order valence-corrected chi connectivity index (χ2v) is 19.0. The molecule has 67 heavy (non-hydrogen) atoms. The summed E-state index contributed by atoms with van der Waals surface area (Å²) in [5.41, 5.74) is 5.41. The molecule has 344 valence electrons. The quantitative estimate of drug-likeness (QED) is 0.149. The third kappa shape index (κ3) is 8.08. The molecule has 6 aliphatic rings. The van der Waals surface area contributed by atoms with Crippen molar-refractivity contribution in [1.82, 2.24) is 34.6 Å². The standard InChI is InChI=1S/C50H50F2N10O5/c51-38-21-32(20-36-37(38)23-62(49(36)67)46(45-41-4-3-17-59(41)29-54-45)48(66)56-42-5-1-2-16-53-42)30-6-9-34(10-7-30)60-25-50(26-60)27-61(28-50)44(64)24-58-18-14-31(15-19-58)35-11-8-33(22-39(35)52)55-40-12-13-43(63)57-47(40)65/h1-2,5-11,16,20-22,29,31,40,46,55H,3-4,12-15,17-19,23-28H2,(H,53,56,66)(H,57,63,65)/t40-,46?/m1/s1. The summed E-state index contributed by atoms with van der Waals surface area (Å²) < 4.78 is 33.2. The largest absolute Gasteiger partial charge is 0.374 e. The van der Waals surface area contributed by atoms with Crippen LogP contribution in [-0.4, -0.2) is 111 Å². The van der Waals surface area contributed by atoms with Gasteiger partial charge in [-0.2, -0.15) is 0 Å². The van der Waals surface area contributed by atoms with Crippen molar-refractivity contribution in [1.29, 1.82) is 0 Å². The summed E-state index contributed by atoms with van der Waals surface area (Å²) in [6.07, 6.45) is 7.00. The molecule has 11 rings (SSSR count). The Morgan fingerprint density at radius 3 is 2.40 bits per heavy atom. The fourth-order valence-electron chi connectivity index (χ4n) is 11.0. The molecule has 15 nitrogen and oxygen atoms in total. The Kier molecular flexibility index (Phi) is 10.8. The molecule has 5 amide bonds. The number of rotatable bonds is 11. The van der Waals surface area contributed by atoms with Crippen LogP contribution >= 0.6 is 0 Å². The Bertz CT molecular complexity index is 2800. The molecular formula is C50H50F2N10O5. The number of imide groups is 1. The van der Waals surface area contributed by atoms with Crippen LogP contribution < -0.4 is 20.9 Å². The lowest BCUT2D eigenvalue weighted by Gasteiger charge is -2.61. The number of hydrogen-bond donors (Lipinski definition) is 3. The number of piperidine rings is 2. The predicted molar refractivity (Wildman–Crippen MR) is 244 cm³/mol. The highest BCUT2D eigenvalue weighted by molar-refractivity contribution is 6.04. The van der Waals surface area contributed by atoms with Crippen molar-refractivity contribution in [2.75, 3.05) is 61.3 Å². The van der Waals surface area contributed by atoms with Gasteiger partial charge in [-0.15, -0.1) is 0 Å². The Balaban J connectivity index is 0.669. The topological polar surface area (TPSA) is 165 Å². The van der Waals surface area contributed by atoms with Gasteiger partial charge in [0, 0.05) is 79.0 Å². The first-order chi connectivity index (χ1) is 32.5. The van der Waals surface area contributed by atoms with Gasteiger partial charge in [0.05, 0.1) is 25.1 Å². The highest BCUT2D eigenvalue weighted by Crippen LogP contribution is 2.43. The van der Waals surface area contributed by atoms with Gasteiger partial charge in [-0.1, -0.05) is 24.3 Å². The monoisotopic (exact) mass is 908 g/mol. The fourth-order valence-corrected chi connectivity index (χ4v) is 11.0. The minimum absolute atomic E-state index is 0.0371. The summed E-state index contributed by atoms with van der Waals surface area (Å²) in [4.78, 5) is 81.7. The Labute approximate surface area is 385 Å². The van der Waals surface area contributed by atoms with Gasteiger partial charge in [-0.3, -0.25) is 34.2 Å². The number of carbonyl (C=O) groups is 5. The van der Waals surface area contributed by atoms with Crippen molar-refractivity contribution in [3.63, 3.8) is 0 Å². The average molecular weight is 909 g/mol. The van der Waals surface area contributed by atoms with E-state index in [9.17, 15) is 24.0 Å². The number of aromatic nitrogens is 3. The number of benzene rings is 3. The molecule has 0 saturated carbocycles. The molecule has 5 aromatic rings. The molecular weight excluding hydrogens is 859 g/mol. The van der Waals surface area contributed by atoms with Gasteiger partial charge in [-0.25, -0.2) is 18.7 Å². The number of hydrogen-bond acceptors (Lipinski definition) is 10. The first-order valence-electron chi connectivity index (χ1n) is 23.1. The van der Waals surface area contributed by atoms with E-state index in [2.05, 4.69) is 35.7 Å². The van der Waals surface area contributed by atoms with E-state index in [4.69, 9.17) is 0 Å². The maximum absolute atomic E-state index is 16.0.